The van der Waals surface area contributed by atoms with Gasteiger partial charge in [0, 0.05) is 24.7 Å². The van der Waals surface area contributed by atoms with Crippen LogP contribution in [-0.4, -0.2) is 36.2 Å². The van der Waals surface area contributed by atoms with Crippen LogP contribution < -0.4 is 9.62 Å². The molecule has 0 radical (unpaired) electrons. The zero-order valence-electron chi connectivity index (χ0n) is 17.4. The van der Waals surface area contributed by atoms with Crippen molar-refractivity contribution >= 4 is 44.4 Å². The van der Waals surface area contributed by atoms with Crippen molar-refractivity contribution in [3.8, 4) is 0 Å². The molecular weight excluding hydrogens is 432 g/mol. The Hall–Kier alpha value is -2.36. The lowest BCUT2D eigenvalue weighted by atomic mass is 9.81. The average Bonchev–Trinajstić information content (AvgIpc) is 3.28. The summed E-state index contributed by atoms with van der Waals surface area (Å²) in [6, 6.07) is 14.7. The fraction of sp³-hybridized carbons (Fsp3) is 0.409. The average molecular weight is 459 g/mol. The van der Waals surface area contributed by atoms with Crippen LogP contribution in [0, 0.1) is 11.8 Å². The third-order valence-corrected chi connectivity index (χ3v) is 7.94. The van der Waals surface area contributed by atoms with Gasteiger partial charge >= 0.3 is 0 Å². The highest BCUT2D eigenvalue weighted by Crippen LogP contribution is 2.31. The largest absolute Gasteiger partial charge is 0.312 e. The fourth-order valence-electron chi connectivity index (χ4n) is 4.21. The van der Waals surface area contributed by atoms with Gasteiger partial charge in [-0.05, 0) is 62.8 Å². The molecule has 1 aromatic heterocycles. The number of nitrogens with zero attached hydrogens (tertiary/aromatic N) is 3. The number of rotatable bonds is 7. The number of sulfonamides is 1. The van der Waals surface area contributed by atoms with Crippen LogP contribution in [0.25, 0.3) is 11.0 Å². The summed E-state index contributed by atoms with van der Waals surface area (Å²) in [5.74, 6) is 0.372. The molecule has 7 nitrogen and oxygen atoms in total. The lowest BCUT2D eigenvalue weighted by Crippen LogP contribution is -2.39. The minimum absolute atomic E-state index is 0.0113. The molecule has 1 aliphatic rings. The van der Waals surface area contributed by atoms with Gasteiger partial charge in [0.15, 0.2) is 0 Å². The van der Waals surface area contributed by atoms with Crippen LogP contribution in [0.15, 0.2) is 53.4 Å². The van der Waals surface area contributed by atoms with E-state index in [2.05, 4.69) is 13.5 Å². The molecule has 0 bridgehead atoms. The molecule has 9 heteroatoms. The molecule has 0 aliphatic heterocycles. The highest BCUT2D eigenvalue weighted by atomic mass is 32.2. The number of hydrogen-bond acceptors (Lipinski definition) is 6. The van der Waals surface area contributed by atoms with E-state index < -0.39 is 10.0 Å². The van der Waals surface area contributed by atoms with Crippen LogP contribution in [0.3, 0.4) is 0 Å². The van der Waals surface area contributed by atoms with Crippen molar-refractivity contribution in [2.75, 3.05) is 18.0 Å². The van der Waals surface area contributed by atoms with Gasteiger partial charge < -0.3 is 4.90 Å². The molecule has 164 valence electrons. The van der Waals surface area contributed by atoms with Crippen LogP contribution in [0.1, 0.15) is 32.6 Å². The summed E-state index contributed by atoms with van der Waals surface area (Å²) in [4.78, 5) is 15.1. The number of fused-ring (bicyclic) bond motifs is 1. The maximum Gasteiger partial charge on any atom is 0.242 e. The molecule has 1 fully saturated rings. The van der Waals surface area contributed by atoms with Gasteiger partial charge in [-0.25, -0.2) is 13.1 Å². The fourth-order valence-corrected chi connectivity index (χ4v) is 6.09. The molecule has 1 N–H and O–H groups in total. The molecule has 0 saturated heterocycles. The first-order valence-corrected chi connectivity index (χ1v) is 12.8. The van der Waals surface area contributed by atoms with E-state index in [1.165, 1.54) is 0 Å². The highest BCUT2D eigenvalue weighted by molar-refractivity contribution is 7.89. The maximum absolute atomic E-state index is 13.0. The third-order valence-electron chi connectivity index (χ3n) is 5.95. The van der Waals surface area contributed by atoms with E-state index in [0.717, 1.165) is 43.1 Å². The van der Waals surface area contributed by atoms with Crippen molar-refractivity contribution in [1.82, 2.24) is 13.5 Å². The van der Waals surface area contributed by atoms with Crippen molar-refractivity contribution in [3.05, 3.63) is 48.5 Å². The first-order chi connectivity index (χ1) is 15.0. The topological polar surface area (TPSA) is 92.3 Å². The SMILES string of the molecule is CCN(C(=O)C1CCC(CNS(=O)(=O)c2cccc3nsnc23)CC1)c1ccccc1. The number of carbonyl (C=O) groups is 1. The minimum Gasteiger partial charge on any atom is -0.312 e. The minimum atomic E-state index is -3.66. The maximum atomic E-state index is 13.0. The number of aromatic nitrogens is 2. The summed E-state index contributed by atoms with van der Waals surface area (Å²) in [7, 11) is -3.66. The molecule has 1 aliphatic carbocycles. The van der Waals surface area contributed by atoms with Gasteiger partial charge in [-0.2, -0.15) is 8.75 Å². The van der Waals surface area contributed by atoms with Gasteiger partial charge in [-0.1, -0.05) is 24.3 Å². The molecule has 1 heterocycles. The van der Waals surface area contributed by atoms with Gasteiger partial charge in [-0.3, -0.25) is 4.79 Å². The molecule has 4 rings (SSSR count). The van der Waals surface area contributed by atoms with Crippen molar-refractivity contribution in [2.24, 2.45) is 11.8 Å². The molecule has 0 unspecified atom stereocenters. The Bertz CT molecular complexity index is 1140. The highest BCUT2D eigenvalue weighted by Gasteiger charge is 2.30. The predicted molar refractivity (Wildman–Crippen MR) is 123 cm³/mol. The first kappa shape index (κ1) is 21.9. The lowest BCUT2D eigenvalue weighted by molar-refractivity contribution is -0.123. The second-order valence-corrected chi connectivity index (χ2v) is 10.1. The predicted octanol–water partition coefficient (Wildman–Crippen LogP) is 3.83. The quantitative estimate of drug-likeness (QED) is 0.581. The summed E-state index contributed by atoms with van der Waals surface area (Å²) in [5, 5.41) is 0. The zero-order chi connectivity index (χ0) is 21.8. The Balaban J connectivity index is 1.34. The van der Waals surface area contributed by atoms with Crippen molar-refractivity contribution in [3.63, 3.8) is 0 Å². The smallest absolute Gasteiger partial charge is 0.242 e. The molecule has 0 spiro atoms. The molecular formula is C22H26N4O3S2. The second-order valence-electron chi connectivity index (χ2n) is 7.88. The standard InChI is InChI=1S/C22H26N4O3S2/c1-2-26(18-7-4-3-5-8-18)22(27)17-13-11-16(12-14-17)15-23-31(28,29)20-10-6-9-19-21(20)25-30-24-19/h3-10,16-17,23H,2,11-15H2,1H3. The molecule has 1 amide bonds. The summed E-state index contributed by atoms with van der Waals surface area (Å²) in [6.45, 7) is 3.00. The van der Waals surface area contributed by atoms with Crippen molar-refractivity contribution in [2.45, 2.75) is 37.5 Å². The van der Waals surface area contributed by atoms with Crippen molar-refractivity contribution < 1.29 is 13.2 Å². The molecule has 31 heavy (non-hydrogen) atoms. The van der Waals surface area contributed by atoms with Crippen LogP contribution in [-0.2, 0) is 14.8 Å². The van der Waals surface area contributed by atoms with Crippen LogP contribution in [0.4, 0.5) is 5.69 Å². The van der Waals surface area contributed by atoms with Crippen LogP contribution >= 0.6 is 11.7 Å². The summed E-state index contributed by atoms with van der Waals surface area (Å²) in [6.07, 6.45) is 3.21. The van der Waals surface area contributed by atoms with E-state index in [1.807, 2.05) is 42.2 Å². The Morgan fingerprint density at radius 1 is 1.06 bits per heavy atom. The number of hydrogen-bond donors (Lipinski definition) is 1. The lowest BCUT2D eigenvalue weighted by Gasteiger charge is -2.32. The Morgan fingerprint density at radius 3 is 2.52 bits per heavy atom. The van der Waals surface area contributed by atoms with Crippen LogP contribution in [0.5, 0.6) is 0 Å². The summed E-state index contributed by atoms with van der Waals surface area (Å²) < 4.78 is 36.6. The number of amides is 1. The van der Waals surface area contributed by atoms with E-state index in [9.17, 15) is 13.2 Å². The van der Waals surface area contributed by atoms with E-state index in [-0.39, 0.29) is 22.6 Å². The van der Waals surface area contributed by atoms with E-state index in [0.29, 0.717) is 24.1 Å². The number of anilines is 1. The van der Waals surface area contributed by atoms with E-state index in [1.54, 1.807) is 18.2 Å². The number of nitrogens with one attached hydrogen (secondary N) is 1. The number of para-hydroxylation sites is 1. The first-order valence-electron chi connectivity index (χ1n) is 10.6. The number of carbonyl (C=O) groups excluding carboxylic acids is 1. The molecule has 2 aromatic carbocycles. The third kappa shape index (κ3) is 4.78. The normalized spacial score (nSPS) is 19.4. The van der Waals surface area contributed by atoms with Gasteiger partial charge in [-0.15, -0.1) is 0 Å². The Morgan fingerprint density at radius 2 is 1.81 bits per heavy atom. The van der Waals surface area contributed by atoms with E-state index >= 15 is 0 Å². The summed E-state index contributed by atoms with van der Waals surface area (Å²) in [5.41, 5.74) is 1.93. The van der Waals surface area contributed by atoms with Gasteiger partial charge in [0.25, 0.3) is 0 Å². The molecule has 3 aromatic rings. The zero-order valence-corrected chi connectivity index (χ0v) is 19.0. The van der Waals surface area contributed by atoms with Crippen molar-refractivity contribution in [1.29, 1.82) is 0 Å². The summed E-state index contributed by atoms with van der Waals surface area (Å²) >= 11 is 1.01. The van der Waals surface area contributed by atoms with Gasteiger partial charge in [0.1, 0.15) is 15.9 Å². The number of benzene rings is 2. The molecule has 0 atom stereocenters. The van der Waals surface area contributed by atoms with Gasteiger partial charge in [0.2, 0.25) is 15.9 Å². The van der Waals surface area contributed by atoms with Gasteiger partial charge in [0.05, 0.1) is 11.7 Å². The van der Waals surface area contributed by atoms with Crippen LogP contribution in [0.2, 0.25) is 0 Å². The molecule has 1 saturated carbocycles. The monoisotopic (exact) mass is 458 g/mol. The van der Waals surface area contributed by atoms with E-state index in [4.69, 9.17) is 0 Å². The Labute approximate surface area is 186 Å². The second kappa shape index (κ2) is 9.42. The Kier molecular flexibility index (Phi) is 6.64.